The predicted octanol–water partition coefficient (Wildman–Crippen LogP) is 2.04. The van der Waals surface area contributed by atoms with Gasteiger partial charge in [0.2, 0.25) is 0 Å². The molecule has 2 N–H and O–H groups in total. The van der Waals surface area contributed by atoms with Crippen molar-refractivity contribution in [1.29, 1.82) is 0 Å². The number of ether oxygens (including phenoxy) is 2. The maximum atomic E-state index is 11.7. The summed E-state index contributed by atoms with van der Waals surface area (Å²) < 4.78 is 11.0. The first-order valence-corrected chi connectivity index (χ1v) is 7.46. The summed E-state index contributed by atoms with van der Waals surface area (Å²) in [4.78, 5) is 23.1. The van der Waals surface area contributed by atoms with Crippen LogP contribution in [-0.4, -0.2) is 34.5 Å². The van der Waals surface area contributed by atoms with Gasteiger partial charge in [0.05, 0.1) is 12.0 Å². The van der Waals surface area contributed by atoms with Crippen LogP contribution in [0.2, 0.25) is 0 Å². The van der Waals surface area contributed by atoms with Crippen molar-refractivity contribution >= 4 is 46.3 Å². The van der Waals surface area contributed by atoms with E-state index < -0.39 is 12.1 Å². The number of rotatable bonds is 5. The molecule has 1 saturated heterocycles. The van der Waals surface area contributed by atoms with Gasteiger partial charge in [-0.3, -0.25) is 4.79 Å². The molecule has 22 heavy (non-hydrogen) atoms. The summed E-state index contributed by atoms with van der Waals surface area (Å²) >= 11 is 6.07. The second-order valence-electron chi connectivity index (χ2n) is 4.33. The lowest BCUT2D eigenvalue weighted by Crippen LogP contribution is -2.23. The fourth-order valence-corrected chi connectivity index (χ4v) is 2.76. The fourth-order valence-electron chi connectivity index (χ4n) is 1.72. The first-order chi connectivity index (χ1) is 10.4. The third-order valence-electron chi connectivity index (χ3n) is 2.80. The molecule has 0 bridgehead atoms. The number of hydrogen-bond acceptors (Lipinski definition) is 6. The number of para-hydroxylation sites is 1. The largest absolute Gasteiger partial charge is 0.493 e. The molecule has 1 heterocycles. The van der Waals surface area contributed by atoms with Gasteiger partial charge in [-0.05, 0) is 19.1 Å². The van der Waals surface area contributed by atoms with Crippen LogP contribution in [0.25, 0.3) is 6.08 Å². The quantitative estimate of drug-likeness (QED) is 0.627. The number of carbonyl (C=O) groups is 2. The number of thioether (sulfide) groups is 1. The Morgan fingerprint density at radius 3 is 2.77 bits per heavy atom. The average molecular weight is 339 g/mol. The van der Waals surface area contributed by atoms with Crippen molar-refractivity contribution in [2.75, 3.05) is 7.11 Å². The summed E-state index contributed by atoms with van der Waals surface area (Å²) in [5.74, 6) is -0.749. The summed E-state index contributed by atoms with van der Waals surface area (Å²) in [6.45, 7) is 1.41. The van der Waals surface area contributed by atoms with Crippen LogP contribution in [0.1, 0.15) is 12.5 Å². The van der Waals surface area contributed by atoms with Gasteiger partial charge in [-0.15, -0.1) is 0 Å². The van der Waals surface area contributed by atoms with Gasteiger partial charge >= 0.3 is 5.97 Å². The smallest absolute Gasteiger partial charge is 0.344 e. The Morgan fingerprint density at radius 2 is 2.23 bits per heavy atom. The molecular formula is C14H13NO5S2. The number of aliphatic carboxylic acids is 1. The SMILES string of the molecule is COc1cccc(/C=C2/SC(=S)NC2=O)c1OC(C)C(=O)O. The normalized spacial score (nSPS) is 17.3. The molecule has 1 atom stereocenters. The van der Waals surface area contributed by atoms with Crippen LogP contribution in [0.4, 0.5) is 0 Å². The standard InChI is InChI=1S/C14H13NO5S2/c1-7(13(17)18)20-11-8(4-3-5-9(11)19-2)6-10-12(16)15-14(21)22-10/h3-7H,1-2H3,(H,17,18)(H,15,16,21)/b10-6+. The van der Waals surface area contributed by atoms with Gasteiger partial charge in [-0.2, -0.15) is 0 Å². The van der Waals surface area contributed by atoms with E-state index in [0.717, 1.165) is 11.8 Å². The summed E-state index contributed by atoms with van der Waals surface area (Å²) in [5, 5.41) is 11.5. The van der Waals surface area contributed by atoms with E-state index in [4.69, 9.17) is 26.8 Å². The molecule has 1 fully saturated rings. The van der Waals surface area contributed by atoms with Crippen molar-refractivity contribution in [3.8, 4) is 11.5 Å². The molecule has 1 aromatic carbocycles. The van der Waals surface area contributed by atoms with Gasteiger partial charge in [0, 0.05) is 5.56 Å². The number of carbonyl (C=O) groups excluding carboxylic acids is 1. The molecule has 1 aliphatic rings. The minimum absolute atomic E-state index is 0.263. The molecule has 1 amide bonds. The maximum absolute atomic E-state index is 11.7. The zero-order chi connectivity index (χ0) is 16.3. The molecule has 1 aromatic rings. The van der Waals surface area contributed by atoms with Crippen molar-refractivity contribution < 1.29 is 24.2 Å². The van der Waals surface area contributed by atoms with Gasteiger partial charge in [-0.25, -0.2) is 4.79 Å². The highest BCUT2D eigenvalue weighted by molar-refractivity contribution is 8.26. The topological polar surface area (TPSA) is 84.9 Å². The van der Waals surface area contributed by atoms with E-state index >= 15 is 0 Å². The highest BCUT2D eigenvalue weighted by Gasteiger charge is 2.24. The van der Waals surface area contributed by atoms with E-state index in [1.807, 2.05) is 0 Å². The van der Waals surface area contributed by atoms with E-state index in [1.165, 1.54) is 14.0 Å². The third kappa shape index (κ3) is 3.58. The number of amides is 1. The van der Waals surface area contributed by atoms with Gasteiger partial charge in [0.1, 0.15) is 4.32 Å². The summed E-state index contributed by atoms with van der Waals surface area (Å²) in [5.41, 5.74) is 0.537. The third-order valence-corrected chi connectivity index (χ3v) is 3.96. The van der Waals surface area contributed by atoms with Gasteiger partial charge in [0.15, 0.2) is 17.6 Å². The van der Waals surface area contributed by atoms with E-state index in [0.29, 0.717) is 20.5 Å². The van der Waals surface area contributed by atoms with Gasteiger partial charge in [-0.1, -0.05) is 36.1 Å². The molecule has 1 unspecified atom stereocenters. The van der Waals surface area contributed by atoms with Crippen molar-refractivity contribution in [1.82, 2.24) is 5.32 Å². The van der Waals surface area contributed by atoms with Crippen LogP contribution in [0.15, 0.2) is 23.1 Å². The monoisotopic (exact) mass is 339 g/mol. The number of hydrogen-bond donors (Lipinski definition) is 2. The molecular weight excluding hydrogens is 326 g/mol. The molecule has 1 aliphatic heterocycles. The predicted molar refractivity (Wildman–Crippen MR) is 87.0 cm³/mol. The Labute approximate surface area is 136 Å². The number of nitrogens with one attached hydrogen (secondary N) is 1. The first-order valence-electron chi connectivity index (χ1n) is 6.23. The zero-order valence-corrected chi connectivity index (χ0v) is 13.4. The van der Waals surface area contributed by atoms with Crippen LogP contribution in [0.5, 0.6) is 11.5 Å². The minimum atomic E-state index is -1.10. The highest BCUT2D eigenvalue weighted by atomic mass is 32.2. The molecule has 0 saturated carbocycles. The van der Waals surface area contributed by atoms with Crippen molar-refractivity contribution in [3.05, 3.63) is 28.7 Å². The van der Waals surface area contributed by atoms with Crippen LogP contribution >= 0.6 is 24.0 Å². The molecule has 6 nitrogen and oxygen atoms in total. The molecule has 2 rings (SSSR count). The number of methoxy groups -OCH3 is 1. The van der Waals surface area contributed by atoms with E-state index in [-0.39, 0.29) is 11.7 Å². The first kappa shape index (κ1) is 16.3. The highest BCUT2D eigenvalue weighted by Crippen LogP contribution is 2.35. The van der Waals surface area contributed by atoms with E-state index in [1.54, 1.807) is 24.3 Å². The lowest BCUT2D eigenvalue weighted by molar-refractivity contribution is -0.144. The maximum Gasteiger partial charge on any atom is 0.344 e. The van der Waals surface area contributed by atoms with Crippen molar-refractivity contribution in [2.45, 2.75) is 13.0 Å². The van der Waals surface area contributed by atoms with E-state index in [9.17, 15) is 9.59 Å². The van der Waals surface area contributed by atoms with E-state index in [2.05, 4.69) is 5.32 Å². The minimum Gasteiger partial charge on any atom is -0.493 e. The molecule has 0 aliphatic carbocycles. The lowest BCUT2D eigenvalue weighted by atomic mass is 10.1. The fraction of sp³-hybridized carbons (Fsp3) is 0.214. The molecule has 0 aromatic heterocycles. The average Bonchev–Trinajstić information content (AvgIpc) is 2.78. The van der Waals surface area contributed by atoms with Gasteiger partial charge in [0.25, 0.3) is 5.91 Å². The molecule has 116 valence electrons. The Kier molecular flexibility index (Phi) is 5.04. The number of carboxylic acids is 1. The number of carboxylic acid groups (broad SMARTS) is 1. The molecule has 8 heteroatoms. The van der Waals surface area contributed by atoms with Crippen LogP contribution in [0.3, 0.4) is 0 Å². The van der Waals surface area contributed by atoms with Crippen LogP contribution in [0, 0.1) is 0 Å². The van der Waals surface area contributed by atoms with Gasteiger partial charge < -0.3 is 19.9 Å². The van der Waals surface area contributed by atoms with Crippen LogP contribution in [-0.2, 0) is 9.59 Å². The van der Waals surface area contributed by atoms with Crippen molar-refractivity contribution in [3.63, 3.8) is 0 Å². The van der Waals surface area contributed by atoms with Crippen molar-refractivity contribution in [2.24, 2.45) is 0 Å². The number of benzene rings is 1. The lowest BCUT2D eigenvalue weighted by Gasteiger charge is -2.16. The summed E-state index contributed by atoms with van der Waals surface area (Å²) in [7, 11) is 1.46. The number of thiocarbonyl (C=S) groups is 1. The second-order valence-corrected chi connectivity index (χ2v) is 6.05. The summed E-state index contributed by atoms with van der Waals surface area (Å²) in [6, 6.07) is 5.08. The zero-order valence-electron chi connectivity index (χ0n) is 11.8. The van der Waals surface area contributed by atoms with Crippen LogP contribution < -0.4 is 14.8 Å². The molecule has 0 radical (unpaired) electrons. The second kappa shape index (κ2) is 6.80. The molecule has 0 spiro atoms. The Morgan fingerprint density at radius 1 is 1.50 bits per heavy atom. The Balaban J connectivity index is 2.43. The summed E-state index contributed by atoms with van der Waals surface area (Å²) in [6.07, 6.45) is 0.533. The Bertz CT molecular complexity index is 671. The Hall–Kier alpha value is -2.06.